The van der Waals surface area contributed by atoms with Gasteiger partial charge in [0.1, 0.15) is 16.9 Å². The minimum Gasteiger partial charge on any atom is -0.361 e. The van der Waals surface area contributed by atoms with Crippen LogP contribution in [0.5, 0.6) is 0 Å². The molecule has 1 amide bonds. The summed E-state index contributed by atoms with van der Waals surface area (Å²) < 4.78 is 40.6. The number of halogens is 4. The molecule has 31 heavy (non-hydrogen) atoms. The second-order valence-electron chi connectivity index (χ2n) is 6.80. The first kappa shape index (κ1) is 24.9. The molecule has 0 aromatic carbocycles. The fraction of sp³-hybridized carbons (Fsp3) is 0.400. The number of hydrogen-bond donors (Lipinski definition) is 1. The van der Waals surface area contributed by atoms with Crippen molar-refractivity contribution >= 4 is 40.9 Å². The lowest BCUT2D eigenvalue weighted by Crippen LogP contribution is -2.57. The number of aromatic nitrogens is 1. The molecule has 0 bridgehead atoms. The van der Waals surface area contributed by atoms with Crippen molar-refractivity contribution in [1.82, 2.24) is 15.2 Å². The molecular formula is C20H23ClF3N5OS. The Kier molecular flexibility index (Phi) is 8.30. The van der Waals surface area contributed by atoms with Crippen LogP contribution in [0.25, 0.3) is 0 Å². The summed E-state index contributed by atoms with van der Waals surface area (Å²) in [5.41, 5.74) is 1.43. The summed E-state index contributed by atoms with van der Waals surface area (Å²) in [6.45, 7) is 9.77. The van der Waals surface area contributed by atoms with Gasteiger partial charge in [0.2, 0.25) is 0 Å². The Labute approximate surface area is 188 Å². The Morgan fingerprint density at radius 3 is 2.55 bits per heavy atom. The predicted molar refractivity (Wildman–Crippen MR) is 118 cm³/mol. The number of amides is 1. The number of carbonyl (C=O) groups excluding carboxylic acids is 1. The van der Waals surface area contributed by atoms with Gasteiger partial charge < -0.3 is 5.32 Å². The topological polar surface area (TPSA) is 70.0 Å². The van der Waals surface area contributed by atoms with E-state index in [1.54, 1.807) is 31.8 Å². The molecule has 1 atom stereocenters. The zero-order valence-corrected chi connectivity index (χ0v) is 19.1. The molecule has 2 heterocycles. The molecule has 0 aliphatic carbocycles. The fourth-order valence-corrected chi connectivity index (χ4v) is 3.31. The maximum atomic E-state index is 13.5. The van der Waals surface area contributed by atoms with Crippen LogP contribution in [0.15, 0.2) is 56.3 Å². The maximum Gasteiger partial charge on any atom is 0.409 e. The number of rotatable bonds is 6. The van der Waals surface area contributed by atoms with Crippen LogP contribution >= 0.6 is 23.4 Å². The van der Waals surface area contributed by atoms with Gasteiger partial charge in [-0.15, -0.1) is 11.8 Å². The molecular weight excluding hydrogens is 451 g/mol. The Hall–Kier alpha value is -2.33. The summed E-state index contributed by atoms with van der Waals surface area (Å²) in [6, 6.07) is 1.52. The van der Waals surface area contributed by atoms with Gasteiger partial charge in [-0.2, -0.15) is 13.2 Å². The quantitative estimate of drug-likeness (QED) is 0.472. The minimum absolute atomic E-state index is 0.118. The molecule has 1 aliphatic rings. The number of hydrogen-bond acceptors (Lipinski definition) is 6. The highest BCUT2D eigenvalue weighted by Crippen LogP contribution is 2.30. The summed E-state index contributed by atoms with van der Waals surface area (Å²) >= 11 is 7.31. The number of thioether (sulfide) groups is 1. The average Bonchev–Trinajstić information content (AvgIpc) is 2.67. The third-order valence-corrected chi connectivity index (χ3v) is 5.11. The van der Waals surface area contributed by atoms with Crippen molar-refractivity contribution in [3.63, 3.8) is 0 Å². The van der Waals surface area contributed by atoms with Crippen molar-refractivity contribution in [2.75, 3.05) is 5.75 Å². The van der Waals surface area contributed by atoms with Gasteiger partial charge in [-0.05, 0) is 43.7 Å². The van der Waals surface area contributed by atoms with E-state index in [2.05, 4.69) is 26.9 Å². The maximum absolute atomic E-state index is 13.5. The Bertz CT molecular complexity index is 937. The molecule has 11 heteroatoms. The van der Waals surface area contributed by atoms with E-state index < -0.39 is 18.1 Å². The van der Waals surface area contributed by atoms with Crippen molar-refractivity contribution in [1.29, 1.82) is 0 Å². The van der Waals surface area contributed by atoms with Crippen LogP contribution in [-0.4, -0.2) is 45.4 Å². The third-order valence-electron chi connectivity index (χ3n) is 4.20. The molecule has 1 aromatic heterocycles. The largest absolute Gasteiger partial charge is 0.409 e. The van der Waals surface area contributed by atoms with E-state index in [0.29, 0.717) is 10.5 Å². The average molecular weight is 474 g/mol. The molecule has 2 rings (SSSR count). The number of nitrogens with one attached hydrogen (secondary N) is 1. The summed E-state index contributed by atoms with van der Waals surface area (Å²) in [7, 11) is 0. The Morgan fingerprint density at radius 2 is 2.06 bits per heavy atom. The number of pyridine rings is 1. The van der Waals surface area contributed by atoms with Crippen LogP contribution in [0, 0.1) is 0 Å². The van der Waals surface area contributed by atoms with Crippen LogP contribution in [0.2, 0.25) is 0 Å². The van der Waals surface area contributed by atoms with E-state index in [4.69, 9.17) is 11.6 Å². The molecule has 168 valence electrons. The van der Waals surface area contributed by atoms with Crippen molar-refractivity contribution in [2.45, 2.75) is 51.5 Å². The van der Waals surface area contributed by atoms with Crippen molar-refractivity contribution in [2.24, 2.45) is 9.98 Å². The van der Waals surface area contributed by atoms with Crippen LogP contribution in [0.4, 0.5) is 13.2 Å². The second-order valence-corrected chi connectivity index (χ2v) is 8.53. The highest BCUT2D eigenvalue weighted by atomic mass is 35.5. The van der Waals surface area contributed by atoms with Gasteiger partial charge in [-0.25, -0.2) is 15.0 Å². The SMILES string of the molecule is C=C(Cl)/N=C1\C(=C(C)C)N=C(NCc2ccc(SCC)nc2)C(=O)N1[C@@H](C)C(F)(F)F. The van der Waals surface area contributed by atoms with E-state index in [9.17, 15) is 18.0 Å². The first-order valence-electron chi connectivity index (χ1n) is 9.37. The summed E-state index contributed by atoms with van der Waals surface area (Å²) in [4.78, 5) is 25.9. The third kappa shape index (κ3) is 6.33. The normalized spacial score (nSPS) is 17.0. The smallest absolute Gasteiger partial charge is 0.361 e. The van der Waals surface area contributed by atoms with E-state index >= 15 is 0 Å². The zero-order valence-electron chi connectivity index (χ0n) is 17.5. The van der Waals surface area contributed by atoms with E-state index in [1.165, 1.54) is 0 Å². The lowest BCUT2D eigenvalue weighted by Gasteiger charge is -2.35. The molecule has 0 saturated heterocycles. The van der Waals surface area contributed by atoms with Crippen molar-refractivity contribution in [3.8, 4) is 0 Å². The van der Waals surface area contributed by atoms with Gasteiger partial charge >= 0.3 is 6.18 Å². The van der Waals surface area contributed by atoms with Crippen molar-refractivity contribution < 1.29 is 18.0 Å². The Balaban J connectivity index is 2.41. The number of aliphatic imine (C=N–C) groups is 2. The fourth-order valence-electron chi connectivity index (χ4n) is 2.65. The van der Waals surface area contributed by atoms with E-state index in [0.717, 1.165) is 23.3 Å². The minimum atomic E-state index is -4.68. The van der Waals surface area contributed by atoms with Crippen LogP contribution in [0.3, 0.4) is 0 Å². The number of allylic oxidation sites excluding steroid dienone is 1. The number of nitrogens with zero attached hydrogens (tertiary/aromatic N) is 4. The Morgan fingerprint density at radius 1 is 1.39 bits per heavy atom. The first-order chi connectivity index (χ1) is 14.5. The van der Waals surface area contributed by atoms with Crippen LogP contribution in [0.1, 0.15) is 33.3 Å². The molecule has 0 spiro atoms. The van der Waals surface area contributed by atoms with Crippen molar-refractivity contribution in [3.05, 3.63) is 46.9 Å². The second kappa shape index (κ2) is 10.3. The monoisotopic (exact) mass is 473 g/mol. The molecule has 1 aliphatic heterocycles. The number of carbonyl (C=O) groups is 1. The van der Waals surface area contributed by atoms with Crippen LogP contribution in [-0.2, 0) is 11.3 Å². The molecule has 6 nitrogen and oxygen atoms in total. The number of amidine groups is 2. The summed E-state index contributed by atoms with van der Waals surface area (Å²) in [5, 5.41) is 3.43. The molecule has 0 fully saturated rings. The van der Waals surface area contributed by atoms with Gasteiger partial charge in [0, 0.05) is 12.7 Å². The van der Waals surface area contributed by atoms with Gasteiger partial charge in [0.05, 0.1) is 5.03 Å². The summed E-state index contributed by atoms with van der Waals surface area (Å²) in [5.74, 6) is -0.591. The molecule has 1 N–H and O–H groups in total. The highest BCUT2D eigenvalue weighted by Gasteiger charge is 2.47. The first-order valence-corrected chi connectivity index (χ1v) is 10.7. The van der Waals surface area contributed by atoms with Crippen LogP contribution < -0.4 is 5.32 Å². The van der Waals surface area contributed by atoms with Gasteiger partial charge in [-0.1, -0.05) is 31.2 Å². The van der Waals surface area contributed by atoms with Gasteiger partial charge in [0.15, 0.2) is 11.7 Å². The predicted octanol–water partition coefficient (Wildman–Crippen LogP) is 4.88. The number of alkyl halides is 3. The molecule has 1 aromatic rings. The standard InChI is InChI=1S/C20H23ClF3N5OS/c1-6-31-15-8-7-14(9-25-15)10-26-17-19(30)29(12(4)20(22,23)24)18(27-13(5)21)16(28-17)11(2)3/h7-9,12H,5-6,10H2,1-4H3,(H,26,28)/b27-18+/t12-/m0/s1. The molecule has 0 saturated carbocycles. The van der Waals surface area contributed by atoms with Gasteiger partial charge in [0.25, 0.3) is 5.91 Å². The van der Waals surface area contributed by atoms with Gasteiger partial charge in [-0.3, -0.25) is 9.69 Å². The van der Waals surface area contributed by atoms with E-state index in [1.807, 2.05) is 19.1 Å². The molecule has 0 radical (unpaired) electrons. The summed E-state index contributed by atoms with van der Waals surface area (Å²) in [6.07, 6.45) is -3.04. The molecule has 0 unspecified atom stereocenters. The lowest BCUT2D eigenvalue weighted by molar-refractivity contribution is -0.173. The zero-order chi connectivity index (χ0) is 23.3. The highest BCUT2D eigenvalue weighted by molar-refractivity contribution is 7.99. The van der Waals surface area contributed by atoms with E-state index in [-0.39, 0.29) is 29.1 Å². The lowest BCUT2D eigenvalue weighted by atomic mass is 10.1.